The van der Waals surface area contributed by atoms with Crippen LogP contribution in [-0.4, -0.2) is 9.55 Å². The Morgan fingerprint density at radius 3 is 2.87 bits per heavy atom. The molecule has 15 heavy (non-hydrogen) atoms. The molecule has 0 saturated carbocycles. The highest BCUT2D eigenvalue weighted by atomic mass is 19.1. The minimum atomic E-state index is -0.280. The first-order valence-electron chi connectivity index (χ1n) is 4.79. The normalized spacial score (nSPS) is 10.5. The number of nitrogens with zero attached hydrogens (tertiary/aromatic N) is 2. The highest BCUT2D eigenvalue weighted by Gasteiger charge is 2.08. The molecule has 1 aromatic heterocycles. The molecule has 3 nitrogen and oxygen atoms in total. The fourth-order valence-electron chi connectivity index (χ4n) is 1.50. The summed E-state index contributed by atoms with van der Waals surface area (Å²) in [4.78, 5) is 4.17. The lowest BCUT2D eigenvalue weighted by Crippen LogP contribution is -1.99. The second kappa shape index (κ2) is 3.73. The van der Waals surface area contributed by atoms with Gasteiger partial charge in [-0.15, -0.1) is 0 Å². The van der Waals surface area contributed by atoms with Gasteiger partial charge in [0.2, 0.25) is 0 Å². The largest absolute Gasteiger partial charge is 0.383 e. The van der Waals surface area contributed by atoms with Gasteiger partial charge < -0.3 is 10.3 Å². The molecular formula is C11H12FN3. The van der Waals surface area contributed by atoms with E-state index >= 15 is 0 Å². The molecule has 1 heterocycles. The third-order valence-corrected chi connectivity index (χ3v) is 2.32. The van der Waals surface area contributed by atoms with Crippen molar-refractivity contribution in [3.8, 4) is 11.3 Å². The van der Waals surface area contributed by atoms with Crippen molar-refractivity contribution >= 4 is 5.82 Å². The van der Waals surface area contributed by atoms with Crippen molar-refractivity contribution in [1.29, 1.82) is 0 Å². The molecule has 0 aliphatic heterocycles. The molecule has 0 bridgehead atoms. The summed E-state index contributed by atoms with van der Waals surface area (Å²) in [5.41, 5.74) is 7.22. The maximum absolute atomic E-state index is 13.0. The smallest absolute Gasteiger partial charge is 0.131 e. The fraction of sp³-hybridized carbons (Fsp3) is 0.182. The summed E-state index contributed by atoms with van der Waals surface area (Å²) in [6, 6.07) is 6.27. The number of hydrogen-bond donors (Lipinski definition) is 1. The zero-order chi connectivity index (χ0) is 10.8. The summed E-state index contributed by atoms with van der Waals surface area (Å²) in [5.74, 6) is 0.293. The van der Waals surface area contributed by atoms with E-state index in [2.05, 4.69) is 4.98 Å². The standard InChI is InChI=1S/C11H12FN3/c1-2-15-7-14-10(11(15)13)8-4-3-5-9(12)6-8/h3-7H,2,13H2,1H3. The molecule has 0 atom stereocenters. The van der Waals surface area contributed by atoms with E-state index in [1.807, 2.05) is 11.5 Å². The molecule has 0 spiro atoms. The third kappa shape index (κ3) is 1.70. The van der Waals surface area contributed by atoms with Crippen LogP contribution in [-0.2, 0) is 6.54 Å². The second-order valence-corrected chi connectivity index (χ2v) is 3.27. The Kier molecular flexibility index (Phi) is 2.41. The first-order valence-corrected chi connectivity index (χ1v) is 4.79. The number of nitrogens with two attached hydrogens (primary N) is 1. The van der Waals surface area contributed by atoms with Crippen molar-refractivity contribution in [1.82, 2.24) is 9.55 Å². The molecule has 1 aromatic carbocycles. The molecule has 0 fully saturated rings. The van der Waals surface area contributed by atoms with Gasteiger partial charge in [-0.2, -0.15) is 0 Å². The van der Waals surface area contributed by atoms with Crippen LogP contribution in [0.1, 0.15) is 6.92 Å². The van der Waals surface area contributed by atoms with Gasteiger partial charge in [-0.3, -0.25) is 0 Å². The lowest BCUT2D eigenvalue weighted by molar-refractivity contribution is 0.628. The van der Waals surface area contributed by atoms with E-state index in [4.69, 9.17) is 5.73 Å². The van der Waals surface area contributed by atoms with Crippen LogP contribution in [0.15, 0.2) is 30.6 Å². The van der Waals surface area contributed by atoms with E-state index in [9.17, 15) is 4.39 Å². The number of rotatable bonds is 2. The van der Waals surface area contributed by atoms with Crippen LogP contribution in [0, 0.1) is 5.82 Å². The summed E-state index contributed by atoms with van der Waals surface area (Å²) in [5, 5.41) is 0. The average Bonchev–Trinajstić information content (AvgIpc) is 2.59. The summed E-state index contributed by atoms with van der Waals surface area (Å²) in [6.45, 7) is 2.74. The molecule has 0 unspecified atom stereocenters. The van der Waals surface area contributed by atoms with Gasteiger partial charge in [-0.1, -0.05) is 12.1 Å². The first-order chi connectivity index (χ1) is 7.22. The van der Waals surface area contributed by atoms with Gasteiger partial charge in [-0.05, 0) is 19.1 Å². The predicted molar refractivity (Wildman–Crippen MR) is 57.7 cm³/mol. The van der Waals surface area contributed by atoms with Crippen LogP contribution < -0.4 is 5.73 Å². The van der Waals surface area contributed by atoms with Gasteiger partial charge >= 0.3 is 0 Å². The summed E-state index contributed by atoms with van der Waals surface area (Å²) >= 11 is 0. The second-order valence-electron chi connectivity index (χ2n) is 3.27. The molecular weight excluding hydrogens is 193 g/mol. The van der Waals surface area contributed by atoms with E-state index in [1.54, 1.807) is 18.5 Å². The Labute approximate surface area is 87.4 Å². The summed E-state index contributed by atoms with van der Waals surface area (Å²) < 4.78 is 14.8. The zero-order valence-corrected chi connectivity index (χ0v) is 8.44. The summed E-state index contributed by atoms with van der Waals surface area (Å²) in [7, 11) is 0. The number of anilines is 1. The predicted octanol–water partition coefficient (Wildman–Crippen LogP) is 2.29. The monoisotopic (exact) mass is 205 g/mol. The average molecular weight is 205 g/mol. The lowest BCUT2D eigenvalue weighted by atomic mass is 10.1. The Bertz CT molecular complexity index is 476. The minimum Gasteiger partial charge on any atom is -0.383 e. The van der Waals surface area contributed by atoms with Crippen molar-refractivity contribution in [2.24, 2.45) is 0 Å². The number of halogens is 1. The van der Waals surface area contributed by atoms with Gasteiger partial charge in [-0.25, -0.2) is 9.37 Å². The number of aryl methyl sites for hydroxylation is 1. The summed E-state index contributed by atoms with van der Waals surface area (Å²) in [6.07, 6.45) is 1.66. The molecule has 0 aliphatic rings. The quantitative estimate of drug-likeness (QED) is 0.817. The topological polar surface area (TPSA) is 43.8 Å². The maximum Gasteiger partial charge on any atom is 0.131 e. The molecule has 2 aromatic rings. The van der Waals surface area contributed by atoms with Crippen molar-refractivity contribution < 1.29 is 4.39 Å². The van der Waals surface area contributed by atoms with Crippen LogP contribution in [0.3, 0.4) is 0 Å². The molecule has 0 saturated heterocycles. The zero-order valence-electron chi connectivity index (χ0n) is 8.44. The maximum atomic E-state index is 13.0. The van der Waals surface area contributed by atoms with Crippen LogP contribution >= 0.6 is 0 Å². The van der Waals surface area contributed by atoms with Crippen molar-refractivity contribution in [3.05, 3.63) is 36.4 Å². The van der Waals surface area contributed by atoms with E-state index in [-0.39, 0.29) is 5.82 Å². The molecule has 0 radical (unpaired) electrons. The number of benzene rings is 1. The highest BCUT2D eigenvalue weighted by Crippen LogP contribution is 2.24. The molecule has 2 rings (SSSR count). The van der Waals surface area contributed by atoms with Crippen LogP contribution in [0.2, 0.25) is 0 Å². The minimum absolute atomic E-state index is 0.280. The highest BCUT2D eigenvalue weighted by molar-refractivity contribution is 5.70. The molecule has 0 aliphatic carbocycles. The Morgan fingerprint density at radius 1 is 1.47 bits per heavy atom. The van der Waals surface area contributed by atoms with Gasteiger partial charge in [0.1, 0.15) is 17.3 Å². The van der Waals surface area contributed by atoms with Crippen LogP contribution in [0.5, 0.6) is 0 Å². The van der Waals surface area contributed by atoms with Crippen LogP contribution in [0.4, 0.5) is 10.2 Å². The van der Waals surface area contributed by atoms with Crippen molar-refractivity contribution in [3.63, 3.8) is 0 Å². The Balaban J connectivity index is 2.49. The van der Waals surface area contributed by atoms with E-state index in [1.165, 1.54) is 12.1 Å². The SMILES string of the molecule is CCn1cnc(-c2cccc(F)c2)c1N. The molecule has 2 N–H and O–H groups in total. The van der Waals surface area contributed by atoms with E-state index in [0.717, 1.165) is 6.54 Å². The van der Waals surface area contributed by atoms with Gasteiger partial charge in [0, 0.05) is 12.1 Å². The van der Waals surface area contributed by atoms with E-state index < -0.39 is 0 Å². The van der Waals surface area contributed by atoms with Gasteiger partial charge in [0.25, 0.3) is 0 Å². The Hall–Kier alpha value is -1.84. The first kappa shape index (κ1) is 9.71. The number of nitrogen functional groups attached to an aromatic ring is 1. The molecule has 78 valence electrons. The number of aromatic nitrogens is 2. The molecule has 0 amide bonds. The Morgan fingerprint density at radius 2 is 2.27 bits per heavy atom. The van der Waals surface area contributed by atoms with Crippen LogP contribution in [0.25, 0.3) is 11.3 Å². The van der Waals surface area contributed by atoms with E-state index in [0.29, 0.717) is 17.1 Å². The fourth-order valence-corrected chi connectivity index (χ4v) is 1.50. The van der Waals surface area contributed by atoms with Gasteiger partial charge in [0.15, 0.2) is 0 Å². The lowest BCUT2D eigenvalue weighted by Gasteiger charge is -2.02. The third-order valence-electron chi connectivity index (χ3n) is 2.32. The molecule has 4 heteroatoms. The number of imidazole rings is 1. The van der Waals surface area contributed by atoms with Gasteiger partial charge in [0.05, 0.1) is 6.33 Å². The van der Waals surface area contributed by atoms with Crippen molar-refractivity contribution in [2.45, 2.75) is 13.5 Å². The van der Waals surface area contributed by atoms with Crippen molar-refractivity contribution in [2.75, 3.05) is 5.73 Å². The number of hydrogen-bond acceptors (Lipinski definition) is 2.